The van der Waals surface area contributed by atoms with Crippen molar-refractivity contribution in [1.82, 2.24) is 4.98 Å². The highest BCUT2D eigenvalue weighted by molar-refractivity contribution is 9.11. The van der Waals surface area contributed by atoms with Gasteiger partial charge in [0.2, 0.25) is 0 Å². The van der Waals surface area contributed by atoms with Crippen molar-refractivity contribution in [3.8, 4) is 0 Å². The third kappa shape index (κ3) is 5.07. The molecule has 0 aliphatic rings. The lowest BCUT2D eigenvalue weighted by atomic mass is 10.2. The molecule has 8 heteroatoms. The molecule has 0 saturated carbocycles. The predicted octanol–water partition coefficient (Wildman–Crippen LogP) is 3.81. The summed E-state index contributed by atoms with van der Waals surface area (Å²) in [5.74, 6) is 0. The van der Waals surface area contributed by atoms with Gasteiger partial charge in [0.25, 0.3) is 0 Å². The number of hydrogen-bond acceptors (Lipinski definition) is 6. The highest BCUT2D eigenvalue weighted by atomic mass is 79.9. The van der Waals surface area contributed by atoms with Gasteiger partial charge in [0.15, 0.2) is 0 Å². The monoisotopic (exact) mass is 442 g/mol. The van der Waals surface area contributed by atoms with Crippen LogP contribution in [-0.2, 0) is 0 Å². The van der Waals surface area contributed by atoms with Gasteiger partial charge in [-0.1, -0.05) is 0 Å². The highest BCUT2D eigenvalue weighted by Crippen LogP contribution is 2.33. The van der Waals surface area contributed by atoms with Crippen molar-refractivity contribution in [3.05, 3.63) is 45.6 Å². The largest absolute Gasteiger partial charge is 0.395 e. The Kier molecular flexibility index (Phi) is 7.10. The van der Waals surface area contributed by atoms with Crippen LogP contribution in [0.25, 0.3) is 0 Å². The van der Waals surface area contributed by atoms with Crippen LogP contribution in [0.3, 0.4) is 0 Å². The molecule has 0 amide bonds. The van der Waals surface area contributed by atoms with E-state index in [4.69, 9.17) is 10.2 Å². The van der Waals surface area contributed by atoms with Crippen molar-refractivity contribution in [2.24, 2.45) is 10.2 Å². The second-order valence-corrected chi connectivity index (χ2v) is 6.31. The number of nitrogens with zero attached hydrogens (tertiary/aromatic N) is 4. The smallest absolute Gasteiger partial charge is 0.117 e. The van der Waals surface area contributed by atoms with Crippen LogP contribution in [0.2, 0.25) is 0 Å². The summed E-state index contributed by atoms with van der Waals surface area (Å²) in [6.45, 7) is 1.01. The molecule has 0 bridgehead atoms. The summed E-state index contributed by atoms with van der Waals surface area (Å²) in [6.07, 6.45) is 3.31. The van der Waals surface area contributed by atoms with E-state index >= 15 is 0 Å². The number of pyridine rings is 1. The first-order chi connectivity index (χ1) is 11.2. The molecule has 6 nitrogen and oxygen atoms in total. The van der Waals surface area contributed by atoms with Gasteiger partial charge in [-0.2, -0.15) is 5.11 Å². The normalized spacial score (nSPS) is 11.1. The lowest BCUT2D eigenvalue weighted by Gasteiger charge is -2.22. The molecule has 0 aliphatic carbocycles. The molecule has 2 N–H and O–H groups in total. The Balaban J connectivity index is 2.15. The average Bonchev–Trinajstić information content (AvgIpc) is 2.55. The van der Waals surface area contributed by atoms with Gasteiger partial charge >= 0.3 is 0 Å². The molecule has 0 aliphatic heterocycles. The maximum atomic E-state index is 9.07. The van der Waals surface area contributed by atoms with E-state index in [1.54, 1.807) is 12.4 Å². The summed E-state index contributed by atoms with van der Waals surface area (Å²) >= 11 is 6.77. The zero-order chi connectivity index (χ0) is 16.7. The van der Waals surface area contributed by atoms with E-state index in [1.165, 1.54) is 0 Å². The molecule has 0 atom stereocenters. The predicted molar refractivity (Wildman–Crippen MR) is 96.6 cm³/mol. The molecule has 2 rings (SSSR count). The third-order valence-electron chi connectivity index (χ3n) is 3.05. The van der Waals surface area contributed by atoms with Gasteiger partial charge in [-0.25, -0.2) is 0 Å². The fourth-order valence-corrected chi connectivity index (χ4v) is 3.04. The van der Waals surface area contributed by atoms with Crippen LogP contribution in [0.1, 0.15) is 0 Å². The van der Waals surface area contributed by atoms with E-state index in [1.807, 2.05) is 29.2 Å². The van der Waals surface area contributed by atoms with Crippen LogP contribution in [0.15, 0.2) is 55.8 Å². The van der Waals surface area contributed by atoms with E-state index in [0.29, 0.717) is 24.5 Å². The molecule has 122 valence electrons. The summed E-state index contributed by atoms with van der Waals surface area (Å²) in [7, 11) is 0. The Morgan fingerprint density at radius 2 is 1.48 bits per heavy atom. The molecule has 1 aromatic heterocycles. The summed E-state index contributed by atoms with van der Waals surface area (Å²) in [5, 5.41) is 26.6. The first-order valence-electron chi connectivity index (χ1n) is 6.93. The van der Waals surface area contributed by atoms with Crippen LogP contribution >= 0.6 is 31.9 Å². The van der Waals surface area contributed by atoms with Gasteiger partial charge in [0, 0.05) is 31.2 Å². The van der Waals surface area contributed by atoms with Gasteiger partial charge in [0.1, 0.15) is 5.69 Å². The minimum atomic E-state index is 0.0333. The van der Waals surface area contributed by atoms with Crippen molar-refractivity contribution < 1.29 is 10.2 Å². The highest BCUT2D eigenvalue weighted by Gasteiger charge is 2.06. The van der Waals surface area contributed by atoms with Crippen molar-refractivity contribution in [2.75, 3.05) is 31.2 Å². The van der Waals surface area contributed by atoms with E-state index in [9.17, 15) is 0 Å². The van der Waals surface area contributed by atoms with Crippen LogP contribution in [0, 0.1) is 0 Å². The number of anilines is 1. The van der Waals surface area contributed by atoms with Crippen LogP contribution in [0.4, 0.5) is 17.1 Å². The number of aliphatic hydroxyl groups excluding tert-OH is 2. The maximum absolute atomic E-state index is 9.07. The number of azo groups is 1. The standard InChI is InChI=1S/C15H16Br2N4O2/c16-13-9-18-10-14(17)15(13)20-19-11-1-3-12(4-2-11)21(5-7-22)6-8-23/h1-4,9-10,22-23H,5-8H2. The zero-order valence-corrected chi connectivity index (χ0v) is 15.4. The van der Waals surface area contributed by atoms with E-state index in [-0.39, 0.29) is 13.2 Å². The second-order valence-electron chi connectivity index (χ2n) is 4.60. The Morgan fingerprint density at radius 1 is 0.913 bits per heavy atom. The van der Waals surface area contributed by atoms with Gasteiger partial charge in [-0.15, -0.1) is 5.11 Å². The molecule has 0 fully saturated rings. The molecule has 0 unspecified atom stereocenters. The lowest BCUT2D eigenvalue weighted by Crippen LogP contribution is -2.29. The van der Waals surface area contributed by atoms with E-state index in [0.717, 1.165) is 14.6 Å². The van der Waals surface area contributed by atoms with Gasteiger partial charge in [0.05, 0.1) is 27.8 Å². The van der Waals surface area contributed by atoms with Gasteiger partial charge < -0.3 is 15.1 Å². The number of rotatable bonds is 7. The zero-order valence-electron chi connectivity index (χ0n) is 12.2. The first-order valence-corrected chi connectivity index (χ1v) is 8.51. The summed E-state index contributed by atoms with van der Waals surface area (Å²) < 4.78 is 1.51. The van der Waals surface area contributed by atoms with E-state index in [2.05, 4.69) is 47.1 Å². The van der Waals surface area contributed by atoms with Crippen molar-refractivity contribution >= 4 is 48.9 Å². The quantitative estimate of drug-likeness (QED) is 0.637. The Bertz CT molecular complexity index is 639. The number of halogens is 2. The van der Waals surface area contributed by atoms with Crippen LogP contribution in [0.5, 0.6) is 0 Å². The fraction of sp³-hybridized carbons (Fsp3) is 0.267. The SMILES string of the molecule is OCCN(CCO)c1ccc(N=Nc2c(Br)cncc2Br)cc1. The molecular weight excluding hydrogens is 428 g/mol. The molecule has 23 heavy (non-hydrogen) atoms. The Hall–Kier alpha value is -1.35. The number of aromatic nitrogens is 1. The summed E-state index contributed by atoms with van der Waals surface area (Å²) in [5.41, 5.74) is 2.29. The molecule has 1 aromatic carbocycles. The summed E-state index contributed by atoms with van der Waals surface area (Å²) in [6, 6.07) is 7.44. The molecular formula is C15H16Br2N4O2. The van der Waals surface area contributed by atoms with E-state index < -0.39 is 0 Å². The fourth-order valence-electron chi connectivity index (χ4n) is 1.95. The minimum Gasteiger partial charge on any atom is -0.395 e. The van der Waals surface area contributed by atoms with Crippen molar-refractivity contribution in [2.45, 2.75) is 0 Å². The summed E-state index contributed by atoms with van der Waals surface area (Å²) in [4.78, 5) is 5.92. The van der Waals surface area contributed by atoms with Gasteiger partial charge in [-0.05, 0) is 56.1 Å². The van der Waals surface area contributed by atoms with Gasteiger partial charge in [-0.3, -0.25) is 4.98 Å². The number of hydrogen-bond donors (Lipinski definition) is 2. The molecule has 0 saturated heterocycles. The lowest BCUT2D eigenvalue weighted by molar-refractivity contribution is 0.281. The topological polar surface area (TPSA) is 81.3 Å². The molecule has 2 aromatic rings. The second kappa shape index (κ2) is 9.07. The average molecular weight is 444 g/mol. The third-order valence-corrected chi connectivity index (χ3v) is 4.21. The van der Waals surface area contributed by atoms with Crippen LogP contribution in [-0.4, -0.2) is 41.5 Å². The Labute approximate surface area is 151 Å². The minimum absolute atomic E-state index is 0.0333. The van der Waals surface area contributed by atoms with Crippen molar-refractivity contribution in [1.29, 1.82) is 0 Å². The van der Waals surface area contributed by atoms with Crippen LogP contribution < -0.4 is 4.90 Å². The molecule has 1 heterocycles. The molecule has 0 spiro atoms. The van der Waals surface area contributed by atoms with Crippen molar-refractivity contribution in [3.63, 3.8) is 0 Å². The maximum Gasteiger partial charge on any atom is 0.117 e. The first kappa shape index (κ1) is 18.0. The number of aliphatic hydroxyl groups is 2. The molecule has 0 radical (unpaired) electrons. The number of benzene rings is 1. The Morgan fingerprint density at radius 3 is 2.00 bits per heavy atom.